The minimum atomic E-state index is -2.76. The predicted molar refractivity (Wildman–Crippen MR) is 237 cm³/mol. The lowest BCUT2D eigenvalue weighted by molar-refractivity contribution is 0.487. The van der Waals surface area contributed by atoms with Crippen LogP contribution in [0.4, 0.5) is 17.1 Å². The molecule has 0 bridgehead atoms. The number of para-hydroxylation sites is 3. The quantitative estimate of drug-likeness (QED) is 0.163. The standard InChI is InChI=1S/C52H35NOSSi/c1-2-15-37(16-3-1)43-20-6-7-22-44(43)53(39-31-29-38(30-32-39)42-21-14-18-36-17-4-5-19-41(36)42)40-33-34-52-48(35-40)55-47-25-10-13-28-51(47)56(52)49-26-11-8-23-45(49)54-46-24-9-12-27-50(46)56/h1-35H. The number of fused-ring (bicyclic) bond motifs is 9. The molecule has 11 rings (SSSR count). The van der Waals surface area contributed by atoms with Gasteiger partial charge in [-0.15, -0.1) is 0 Å². The Hall–Kier alpha value is -6.59. The van der Waals surface area contributed by atoms with Gasteiger partial charge in [0.05, 0.1) is 5.69 Å². The van der Waals surface area contributed by atoms with E-state index in [2.05, 4.69) is 217 Å². The second-order valence-electron chi connectivity index (χ2n) is 14.4. The molecule has 0 amide bonds. The summed E-state index contributed by atoms with van der Waals surface area (Å²) in [4.78, 5) is 5.04. The Morgan fingerprint density at radius 1 is 0.393 bits per heavy atom. The molecule has 2 aliphatic heterocycles. The molecule has 0 aromatic heterocycles. The Morgan fingerprint density at radius 2 is 0.964 bits per heavy atom. The van der Waals surface area contributed by atoms with Gasteiger partial charge in [0, 0.05) is 26.7 Å². The molecule has 264 valence electrons. The fourth-order valence-electron chi connectivity index (χ4n) is 8.97. The Bertz CT molecular complexity index is 2870. The van der Waals surface area contributed by atoms with Gasteiger partial charge in [0.25, 0.3) is 0 Å². The molecule has 9 aromatic carbocycles. The summed E-state index contributed by atoms with van der Waals surface area (Å²) < 4.78 is 6.65. The van der Waals surface area contributed by atoms with E-state index in [1.807, 2.05) is 11.8 Å². The summed E-state index contributed by atoms with van der Waals surface area (Å²) in [7, 11) is -2.76. The summed E-state index contributed by atoms with van der Waals surface area (Å²) in [6.45, 7) is 0. The highest BCUT2D eigenvalue weighted by atomic mass is 32.2. The van der Waals surface area contributed by atoms with Crippen molar-refractivity contribution in [3.8, 4) is 33.8 Å². The first-order chi connectivity index (χ1) is 27.8. The van der Waals surface area contributed by atoms with Crippen LogP contribution in [0, 0.1) is 0 Å². The van der Waals surface area contributed by atoms with E-state index in [0.717, 1.165) is 28.6 Å². The van der Waals surface area contributed by atoms with Gasteiger partial charge >= 0.3 is 0 Å². The maximum absolute atomic E-state index is 6.65. The van der Waals surface area contributed by atoms with Crippen LogP contribution >= 0.6 is 11.8 Å². The summed E-state index contributed by atoms with van der Waals surface area (Å²) in [5.74, 6) is 1.92. The van der Waals surface area contributed by atoms with E-state index in [-0.39, 0.29) is 0 Å². The SMILES string of the molecule is c1ccc(-c2ccccc2N(c2ccc(-c3cccc4ccccc34)cc2)c2ccc3c(c2)Sc2ccccc2[Si]32c3ccccc3Oc3ccccc32)cc1. The third kappa shape index (κ3) is 5.11. The number of anilines is 3. The van der Waals surface area contributed by atoms with Crippen molar-refractivity contribution in [2.45, 2.75) is 9.79 Å². The molecule has 0 N–H and O–H groups in total. The molecule has 0 unspecified atom stereocenters. The van der Waals surface area contributed by atoms with Crippen LogP contribution in [0.5, 0.6) is 11.5 Å². The van der Waals surface area contributed by atoms with Crippen LogP contribution in [0.15, 0.2) is 222 Å². The summed E-state index contributed by atoms with van der Waals surface area (Å²) in [5.41, 5.74) is 8.16. The van der Waals surface area contributed by atoms with E-state index < -0.39 is 8.07 Å². The zero-order valence-corrected chi connectivity index (χ0v) is 32.3. The first-order valence-corrected chi connectivity index (χ1v) is 21.9. The third-order valence-corrected chi connectivity index (χ3v) is 17.8. The second-order valence-corrected chi connectivity index (χ2v) is 19.2. The van der Waals surface area contributed by atoms with E-state index in [1.54, 1.807) is 0 Å². The van der Waals surface area contributed by atoms with Gasteiger partial charge in [-0.2, -0.15) is 0 Å². The summed E-state index contributed by atoms with van der Waals surface area (Å²) in [5, 5.41) is 7.93. The van der Waals surface area contributed by atoms with Crippen molar-refractivity contribution in [3.63, 3.8) is 0 Å². The number of nitrogens with zero attached hydrogens (tertiary/aromatic N) is 1. The van der Waals surface area contributed by atoms with Crippen molar-refractivity contribution >= 4 is 68.4 Å². The van der Waals surface area contributed by atoms with Gasteiger partial charge < -0.3 is 9.64 Å². The van der Waals surface area contributed by atoms with Crippen LogP contribution in [-0.4, -0.2) is 8.07 Å². The normalized spacial score (nSPS) is 13.2. The third-order valence-electron chi connectivity index (χ3n) is 11.4. The summed E-state index contributed by atoms with van der Waals surface area (Å²) in [6.07, 6.45) is 0. The highest BCUT2D eigenvalue weighted by molar-refractivity contribution is 8.00. The Balaban J connectivity index is 1.13. The molecular formula is C52H35NOSSi. The monoisotopic (exact) mass is 749 g/mol. The van der Waals surface area contributed by atoms with Crippen molar-refractivity contribution in [1.29, 1.82) is 0 Å². The Kier molecular flexibility index (Phi) is 7.80. The van der Waals surface area contributed by atoms with Crippen molar-refractivity contribution < 1.29 is 4.74 Å². The van der Waals surface area contributed by atoms with Crippen LogP contribution in [0.25, 0.3) is 33.0 Å². The van der Waals surface area contributed by atoms with Crippen molar-refractivity contribution in [1.82, 2.24) is 0 Å². The largest absolute Gasteiger partial charge is 0.458 e. The number of ether oxygens (including phenoxy) is 1. The number of hydrogen-bond acceptors (Lipinski definition) is 3. The zero-order chi connectivity index (χ0) is 37.1. The topological polar surface area (TPSA) is 12.5 Å². The summed E-state index contributed by atoms with van der Waals surface area (Å²) in [6, 6.07) is 77.5. The molecule has 1 spiro atoms. The van der Waals surface area contributed by atoms with E-state index in [4.69, 9.17) is 4.74 Å². The molecule has 0 fully saturated rings. The smallest absolute Gasteiger partial charge is 0.190 e. The molecule has 56 heavy (non-hydrogen) atoms. The lowest BCUT2D eigenvalue weighted by Crippen LogP contribution is -2.77. The van der Waals surface area contributed by atoms with E-state index in [9.17, 15) is 0 Å². The fraction of sp³-hybridized carbons (Fsp3) is 0. The van der Waals surface area contributed by atoms with Crippen molar-refractivity contribution in [2.75, 3.05) is 4.90 Å². The molecule has 0 aliphatic carbocycles. The molecule has 0 saturated heterocycles. The van der Waals surface area contributed by atoms with Crippen LogP contribution in [0.1, 0.15) is 0 Å². The predicted octanol–water partition coefficient (Wildman–Crippen LogP) is 11.6. The summed E-state index contributed by atoms with van der Waals surface area (Å²) >= 11 is 1.89. The molecule has 2 aliphatic rings. The van der Waals surface area contributed by atoms with E-state index in [0.29, 0.717) is 0 Å². The highest BCUT2D eigenvalue weighted by Crippen LogP contribution is 2.45. The molecule has 0 atom stereocenters. The van der Waals surface area contributed by atoms with Gasteiger partial charge in [-0.1, -0.05) is 176 Å². The number of hydrogen-bond donors (Lipinski definition) is 0. The first-order valence-electron chi connectivity index (χ1n) is 19.1. The molecular weight excluding hydrogens is 715 g/mol. The second kappa shape index (κ2) is 13.3. The Morgan fingerprint density at radius 3 is 1.77 bits per heavy atom. The highest BCUT2D eigenvalue weighted by Gasteiger charge is 2.52. The van der Waals surface area contributed by atoms with Crippen LogP contribution in [-0.2, 0) is 0 Å². The van der Waals surface area contributed by atoms with Crippen LogP contribution < -0.4 is 30.4 Å². The Labute approximate surface area is 332 Å². The zero-order valence-electron chi connectivity index (χ0n) is 30.5. The maximum Gasteiger partial charge on any atom is 0.190 e. The molecule has 2 heterocycles. The van der Waals surface area contributed by atoms with E-state index in [1.165, 1.54) is 63.6 Å². The van der Waals surface area contributed by atoms with Crippen LogP contribution in [0.2, 0.25) is 0 Å². The van der Waals surface area contributed by atoms with Crippen LogP contribution in [0.3, 0.4) is 0 Å². The van der Waals surface area contributed by atoms with Gasteiger partial charge in [0.1, 0.15) is 11.5 Å². The van der Waals surface area contributed by atoms with Gasteiger partial charge in [-0.25, -0.2) is 0 Å². The molecule has 0 radical (unpaired) electrons. The number of benzene rings is 9. The minimum absolute atomic E-state index is 0.958. The van der Waals surface area contributed by atoms with Crippen molar-refractivity contribution in [2.24, 2.45) is 0 Å². The lowest BCUT2D eigenvalue weighted by atomic mass is 9.97. The first kappa shape index (κ1) is 32.8. The number of rotatable bonds is 5. The van der Waals surface area contributed by atoms with Gasteiger partial charge in [-0.05, 0) is 96.7 Å². The average Bonchev–Trinajstić information content (AvgIpc) is 3.27. The van der Waals surface area contributed by atoms with Crippen molar-refractivity contribution in [3.05, 3.63) is 212 Å². The van der Waals surface area contributed by atoms with Gasteiger partial charge in [0.2, 0.25) is 0 Å². The fourth-order valence-corrected chi connectivity index (χ4v) is 16.1. The van der Waals surface area contributed by atoms with E-state index >= 15 is 0 Å². The molecule has 9 aromatic rings. The molecule has 2 nitrogen and oxygen atoms in total. The van der Waals surface area contributed by atoms with Gasteiger partial charge in [-0.3, -0.25) is 0 Å². The van der Waals surface area contributed by atoms with Gasteiger partial charge in [0.15, 0.2) is 8.07 Å². The molecule has 0 saturated carbocycles. The minimum Gasteiger partial charge on any atom is -0.458 e. The average molecular weight is 750 g/mol. The molecule has 4 heteroatoms. The maximum atomic E-state index is 6.65. The lowest BCUT2D eigenvalue weighted by Gasteiger charge is -2.43.